The normalized spacial score (nSPS) is 22.0. The van der Waals surface area contributed by atoms with E-state index >= 15 is 0 Å². The van der Waals surface area contributed by atoms with Gasteiger partial charge in [-0.2, -0.15) is 0 Å². The van der Waals surface area contributed by atoms with E-state index in [0.29, 0.717) is 12.1 Å². The van der Waals surface area contributed by atoms with Crippen LogP contribution in [-0.2, 0) is 4.79 Å². The Bertz CT molecular complexity index is 224. The van der Waals surface area contributed by atoms with E-state index in [9.17, 15) is 4.79 Å². The lowest BCUT2D eigenvalue weighted by Crippen LogP contribution is -2.41. The second-order valence-electron chi connectivity index (χ2n) is 5.11. The summed E-state index contributed by atoms with van der Waals surface area (Å²) >= 11 is 0. The van der Waals surface area contributed by atoms with Gasteiger partial charge in [0, 0.05) is 31.1 Å². The van der Waals surface area contributed by atoms with Crippen molar-refractivity contribution in [3.05, 3.63) is 0 Å². The molecular formula is C13H26N2O. The maximum atomic E-state index is 11.6. The highest BCUT2D eigenvalue weighted by atomic mass is 16.1. The van der Waals surface area contributed by atoms with Crippen LogP contribution in [-0.4, -0.2) is 36.0 Å². The number of rotatable bonds is 5. The van der Waals surface area contributed by atoms with Crippen molar-refractivity contribution < 1.29 is 4.79 Å². The van der Waals surface area contributed by atoms with Crippen molar-refractivity contribution in [2.24, 2.45) is 5.92 Å². The SMILES string of the molecule is CCC(CC)N1CCC(NC(=O)C(C)C)C1. The van der Waals surface area contributed by atoms with E-state index in [1.807, 2.05) is 13.8 Å². The van der Waals surface area contributed by atoms with E-state index < -0.39 is 0 Å². The first-order valence-electron chi connectivity index (χ1n) is 6.62. The Labute approximate surface area is 99.6 Å². The Balaban J connectivity index is 2.37. The lowest BCUT2D eigenvalue weighted by molar-refractivity contribution is -0.124. The molecule has 1 aliphatic heterocycles. The molecular weight excluding hydrogens is 200 g/mol. The van der Waals surface area contributed by atoms with E-state index in [4.69, 9.17) is 0 Å². The Morgan fingerprint density at radius 2 is 2.00 bits per heavy atom. The fourth-order valence-electron chi connectivity index (χ4n) is 2.41. The molecule has 0 bridgehead atoms. The summed E-state index contributed by atoms with van der Waals surface area (Å²) in [6.07, 6.45) is 3.53. The molecule has 3 nitrogen and oxygen atoms in total. The average Bonchev–Trinajstić information content (AvgIpc) is 2.68. The number of amides is 1. The molecule has 0 radical (unpaired) electrons. The Morgan fingerprint density at radius 3 is 2.50 bits per heavy atom. The van der Waals surface area contributed by atoms with Crippen molar-refractivity contribution in [2.45, 2.75) is 59.0 Å². The standard InChI is InChI=1S/C13H26N2O/c1-5-12(6-2)15-8-7-11(9-15)14-13(16)10(3)4/h10-12H,5-9H2,1-4H3,(H,14,16). The van der Waals surface area contributed by atoms with E-state index in [2.05, 4.69) is 24.1 Å². The largest absolute Gasteiger partial charge is 0.352 e. The van der Waals surface area contributed by atoms with Crippen LogP contribution in [0.1, 0.15) is 47.0 Å². The lowest BCUT2D eigenvalue weighted by Gasteiger charge is -2.25. The number of nitrogens with one attached hydrogen (secondary N) is 1. The number of hydrogen-bond acceptors (Lipinski definition) is 2. The van der Waals surface area contributed by atoms with Gasteiger partial charge < -0.3 is 5.32 Å². The van der Waals surface area contributed by atoms with Gasteiger partial charge >= 0.3 is 0 Å². The third-order valence-electron chi connectivity index (χ3n) is 3.55. The van der Waals surface area contributed by atoms with Crippen molar-refractivity contribution in [1.82, 2.24) is 10.2 Å². The second kappa shape index (κ2) is 6.24. The summed E-state index contributed by atoms with van der Waals surface area (Å²) in [5.74, 6) is 0.290. The van der Waals surface area contributed by atoms with Crippen LogP contribution in [0.3, 0.4) is 0 Å². The van der Waals surface area contributed by atoms with E-state index in [0.717, 1.165) is 19.5 Å². The quantitative estimate of drug-likeness (QED) is 0.778. The van der Waals surface area contributed by atoms with Gasteiger partial charge in [0.25, 0.3) is 0 Å². The fourth-order valence-corrected chi connectivity index (χ4v) is 2.41. The average molecular weight is 226 g/mol. The van der Waals surface area contributed by atoms with Crippen LogP contribution in [0.2, 0.25) is 0 Å². The van der Waals surface area contributed by atoms with Gasteiger partial charge in [0.1, 0.15) is 0 Å². The zero-order valence-corrected chi connectivity index (χ0v) is 11.1. The van der Waals surface area contributed by atoms with Crippen LogP contribution in [0.5, 0.6) is 0 Å². The second-order valence-corrected chi connectivity index (χ2v) is 5.11. The summed E-state index contributed by atoms with van der Waals surface area (Å²) in [6.45, 7) is 10.6. The topological polar surface area (TPSA) is 32.3 Å². The predicted molar refractivity (Wildman–Crippen MR) is 67.3 cm³/mol. The van der Waals surface area contributed by atoms with Gasteiger partial charge in [-0.05, 0) is 19.3 Å². The monoisotopic (exact) mass is 226 g/mol. The molecule has 94 valence electrons. The van der Waals surface area contributed by atoms with E-state index in [1.54, 1.807) is 0 Å². The molecule has 16 heavy (non-hydrogen) atoms. The van der Waals surface area contributed by atoms with Gasteiger partial charge in [-0.3, -0.25) is 9.69 Å². The molecule has 3 heteroatoms. The minimum atomic E-state index is 0.0993. The van der Waals surface area contributed by atoms with Crippen molar-refractivity contribution >= 4 is 5.91 Å². The number of carbonyl (C=O) groups is 1. The highest BCUT2D eigenvalue weighted by molar-refractivity contribution is 5.78. The van der Waals surface area contributed by atoms with Crippen molar-refractivity contribution in [3.8, 4) is 0 Å². The molecule has 0 aromatic rings. The van der Waals surface area contributed by atoms with Crippen LogP contribution in [0.25, 0.3) is 0 Å². The molecule has 1 rings (SSSR count). The zero-order valence-electron chi connectivity index (χ0n) is 11.1. The number of carbonyl (C=O) groups excluding carboxylic acids is 1. The molecule has 0 aromatic heterocycles. The first-order valence-corrected chi connectivity index (χ1v) is 6.62. The first-order chi connectivity index (χ1) is 7.58. The summed E-state index contributed by atoms with van der Waals surface area (Å²) in [7, 11) is 0. The lowest BCUT2D eigenvalue weighted by atomic mass is 10.1. The van der Waals surface area contributed by atoms with Crippen molar-refractivity contribution in [3.63, 3.8) is 0 Å². The van der Waals surface area contributed by atoms with Gasteiger partial charge in [-0.25, -0.2) is 0 Å². The highest BCUT2D eigenvalue weighted by Crippen LogP contribution is 2.17. The molecule has 1 amide bonds. The smallest absolute Gasteiger partial charge is 0.222 e. The third-order valence-corrected chi connectivity index (χ3v) is 3.55. The van der Waals surface area contributed by atoms with Gasteiger partial charge in [-0.1, -0.05) is 27.7 Å². The van der Waals surface area contributed by atoms with Crippen LogP contribution in [0.15, 0.2) is 0 Å². The molecule has 0 aliphatic carbocycles. The Kier molecular flexibility index (Phi) is 5.26. The third kappa shape index (κ3) is 3.48. The van der Waals surface area contributed by atoms with Gasteiger partial charge in [0.05, 0.1) is 0 Å². The Hall–Kier alpha value is -0.570. The van der Waals surface area contributed by atoms with E-state index in [-0.39, 0.29) is 11.8 Å². The number of likely N-dealkylation sites (tertiary alicyclic amines) is 1. The van der Waals surface area contributed by atoms with Crippen LogP contribution >= 0.6 is 0 Å². The van der Waals surface area contributed by atoms with Gasteiger partial charge in [-0.15, -0.1) is 0 Å². The van der Waals surface area contributed by atoms with E-state index in [1.165, 1.54) is 12.8 Å². The van der Waals surface area contributed by atoms with Crippen molar-refractivity contribution in [2.75, 3.05) is 13.1 Å². The first kappa shape index (κ1) is 13.5. The summed E-state index contributed by atoms with van der Waals surface area (Å²) in [5.41, 5.74) is 0. The minimum absolute atomic E-state index is 0.0993. The molecule has 1 aliphatic rings. The fraction of sp³-hybridized carbons (Fsp3) is 0.923. The molecule has 1 heterocycles. The minimum Gasteiger partial charge on any atom is -0.352 e. The number of nitrogens with zero attached hydrogens (tertiary/aromatic N) is 1. The van der Waals surface area contributed by atoms with Gasteiger partial charge in [0.2, 0.25) is 5.91 Å². The summed E-state index contributed by atoms with van der Waals surface area (Å²) in [4.78, 5) is 14.1. The van der Waals surface area contributed by atoms with Gasteiger partial charge in [0.15, 0.2) is 0 Å². The zero-order chi connectivity index (χ0) is 12.1. The molecule has 0 saturated carbocycles. The molecule has 1 unspecified atom stereocenters. The van der Waals surface area contributed by atoms with Crippen LogP contribution in [0, 0.1) is 5.92 Å². The highest BCUT2D eigenvalue weighted by Gasteiger charge is 2.27. The summed E-state index contributed by atoms with van der Waals surface area (Å²) < 4.78 is 0. The summed E-state index contributed by atoms with van der Waals surface area (Å²) in [6, 6.07) is 1.07. The maximum Gasteiger partial charge on any atom is 0.222 e. The molecule has 1 saturated heterocycles. The molecule has 1 atom stereocenters. The molecule has 0 spiro atoms. The Morgan fingerprint density at radius 1 is 1.38 bits per heavy atom. The molecule has 1 fully saturated rings. The molecule has 0 aromatic carbocycles. The predicted octanol–water partition coefficient (Wildman–Crippen LogP) is 2.02. The van der Waals surface area contributed by atoms with Crippen LogP contribution < -0.4 is 5.32 Å². The maximum absolute atomic E-state index is 11.6. The van der Waals surface area contributed by atoms with Crippen LogP contribution in [0.4, 0.5) is 0 Å². The number of hydrogen-bond donors (Lipinski definition) is 1. The molecule has 1 N–H and O–H groups in total. The van der Waals surface area contributed by atoms with Crippen molar-refractivity contribution in [1.29, 1.82) is 0 Å². The summed E-state index contributed by atoms with van der Waals surface area (Å²) in [5, 5.41) is 3.13.